The summed E-state index contributed by atoms with van der Waals surface area (Å²) in [4.78, 5) is 26.3. The first-order valence-electron chi connectivity index (χ1n) is 8.63. The Balaban J connectivity index is 2.09. The van der Waals surface area contributed by atoms with Crippen LogP contribution < -0.4 is 9.64 Å². The first-order chi connectivity index (χ1) is 13.3. The van der Waals surface area contributed by atoms with E-state index in [1.165, 1.54) is 17.9 Å². The van der Waals surface area contributed by atoms with E-state index in [-0.39, 0.29) is 34.4 Å². The normalized spacial score (nSPS) is 18.1. The zero-order valence-corrected chi connectivity index (χ0v) is 16.8. The fourth-order valence-electron chi connectivity index (χ4n) is 3.40. The van der Waals surface area contributed by atoms with Crippen LogP contribution in [0, 0.1) is 0 Å². The molecule has 3 rings (SSSR count). The van der Waals surface area contributed by atoms with Crippen LogP contribution >= 0.6 is 23.2 Å². The maximum absolute atomic E-state index is 13.2. The topological polar surface area (TPSA) is 66.8 Å². The van der Waals surface area contributed by atoms with E-state index in [1.54, 1.807) is 18.2 Å². The summed E-state index contributed by atoms with van der Waals surface area (Å²) in [6.45, 7) is 5.35. The number of carbonyl (C=O) groups is 2. The van der Waals surface area contributed by atoms with Gasteiger partial charge in [0.25, 0.3) is 5.91 Å². The summed E-state index contributed by atoms with van der Waals surface area (Å²) < 4.78 is 5.66. The van der Waals surface area contributed by atoms with Crippen molar-refractivity contribution in [2.45, 2.75) is 25.5 Å². The molecule has 2 aromatic carbocycles. The summed E-state index contributed by atoms with van der Waals surface area (Å²) in [5.74, 6) is -0.405. The van der Waals surface area contributed by atoms with Gasteiger partial charge in [0.15, 0.2) is 5.60 Å². The standard InChI is InChI=1S/C21H19Cl2NO4/c1-3-10-28-17-7-5-4-6-14(17)12-24-19-16(23)9-8-15(22)18(19)21(27,20(24)26)11-13(2)25/h3-9,27H,1,10-12H2,2H3. The van der Waals surface area contributed by atoms with Crippen LogP contribution in [0.2, 0.25) is 10.0 Å². The minimum atomic E-state index is -2.06. The van der Waals surface area contributed by atoms with E-state index in [0.29, 0.717) is 23.6 Å². The molecule has 1 atom stereocenters. The monoisotopic (exact) mass is 419 g/mol. The van der Waals surface area contributed by atoms with Crippen molar-refractivity contribution in [1.82, 2.24) is 0 Å². The average molecular weight is 420 g/mol. The van der Waals surface area contributed by atoms with Crippen LogP contribution in [0.1, 0.15) is 24.5 Å². The molecule has 0 radical (unpaired) electrons. The highest BCUT2D eigenvalue weighted by molar-refractivity contribution is 6.38. The number of anilines is 1. The first-order valence-corrected chi connectivity index (χ1v) is 9.39. The molecular formula is C21H19Cl2NO4. The second-order valence-corrected chi connectivity index (χ2v) is 7.40. The molecule has 1 N–H and O–H groups in total. The van der Waals surface area contributed by atoms with E-state index in [0.717, 1.165) is 0 Å². The smallest absolute Gasteiger partial charge is 0.264 e. The van der Waals surface area contributed by atoms with E-state index in [9.17, 15) is 14.7 Å². The number of rotatable bonds is 7. The van der Waals surface area contributed by atoms with Crippen LogP contribution in [0.15, 0.2) is 49.1 Å². The van der Waals surface area contributed by atoms with E-state index in [4.69, 9.17) is 27.9 Å². The first kappa shape index (κ1) is 20.4. The summed E-state index contributed by atoms with van der Waals surface area (Å²) >= 11 is 12.7. The number of benzene rings is 2. The Bertz CT molecular complexity index is 959. The highest BCUT2D eigenvalue weighted by atomic mass is 35.5. The third-order valence-corrected chi connectivity index (χ3v) is 5.14. The van der Waals surface area contributed by atoms with Gasteiger partial charge in [-0.15, -0.1) is 0 Å². The van der Waals surface area contributed by atoms with Gasteiger partial charge in [-0.05, 0) is 25.1 Å². The number of Topliss-reactive ketones (excluding diaryl/α,β-unsaturated/α-hetero) is 1. The number of hydrogen-bond donors (Lipinski definition) is 1. The lowest BCUT2D eigenvalue weighted by Crippen LogP contribution is -2.41. The Labute approximate surface area is 173 Å². The second kappa shape index (κ2) is 7.95. The molecule has 28 heavy (non-hydrogen) atoms. The van der Waals surface area contributed by atoms with Gasteiger partial charge >= 0.3 is 0 Å². The fraction of sp³-hybridized carbons (Fsp3) is 0.238. The molecule has 1 unspecified atom stereocenters. The van der Waals surface area contributed by atoms with Gasteiger partial charge < -0.3 is 14.7 Å². The quantitative estimate of drug-likeness (QED) is 0.680. The fourth-order valence-corrected chi connectivity index (χ4v) is 3.97. The molecule has 5 nitrogen and oxygen atoms in total. The zero-order valence-electron chi connectivity index (χ0n) is 15.2. The van der Waals surface area contributed by atoms with E-state index >= 15 is 0 Å². The molecule has 1 aliphatic rings. The molecule has 0 aliphatic carbocycles. The number of aliphatic hydroxyl groups is 1. The molecule has 0 saturated carbocycles. The number of amides is 1. The summed E-state index contributed by atoms with van der Waals surface area (Å²) in [5, 5.41) is 11.6. The lowest BCUT2D eigenvalue weighted by Gasteiger charge is -2.23. The molecule has 0 saturated heterocycles. The van der Waals surface area contributed by atoms with Crippen LogP contribution in [-0.4, -0.2) is 23.4 Å². The molecule has 1 heterocycles. The SMILES string of the molecule is C=CCOc1ccccc1CN1C(=O)C(O)(CC(C)=O)c2c(Cl)ccc(Cl)c21. The Kier molecular flexibility index (Phi) is 5.79. The highest BCUT2D eigenvalue weighted by Gasteiger charge is 2.52. The van der Waals surface area contributed by atoms with Crippen molar-refractivity contribution in [1.29, 1.82) is 0 Å². The van der Waals surface area contributed by atoms with Crippen LogP contribution in [-0.2, 0) is 21.7 Å². The van der Waals surface area contributed by atoms with E-state index in [2.05, 4.69) is 6.58 Å². The van der Waals surface area contributed by atoms with Crippen molar-refractivity contribution in [2.75, 3.05) is 11.5 Å². The second-order valence-electron chi connectivity index (χ2n) is 6.59. The van der Waals surface area contributed by atoms with Gasteiger partial charge in [0.2, 0.25) is 0 Å². The largest absolute Gasteiger partial charge is 0.489 e. The molecule has 146 valence electrons. The van der Waals surface area contributed by atoms with E-state index in [1.807, 2.05) is 18.2 Å². The minimum Gasteiger partial charge on any atom is -0.489 e. The molecule has 0 fully saturated rings. The lowest BCUT2D eigenvalue weighted by atomic mass is 9.90. The van der Waals surface area contributed by atoms with E-state index < -0.39 is 11.5 Å². The van der Waals surface area contributed by atoms with Gasteiger partial charge in [0.1, 0.15) is 18.1 Å². The molecule has 0 bridgehead atoms. The predicted octanol–water partition coefficient (Wildman–Crippen LogP) is 4.27. The minimum absolute atomic E-state index is 0.0967. The number of carbonyl (C=O) groups excluding carboxylic acids is 2. The molecule has 0 spiro atoms. The van der Waals surface area contributed by atoms with Crippen molar-refractivity contribution in [3.63, 3.8) is 0 Å². The molecule has 1 amide bonds. The van der Waals surface area contributed by atoms with Crippen LogP contribution in [0.5, 0.6) is 5.75 Å². The summed E-state index contributed by atoms with van der Waals surface area (Å²) in [6.07, 6.45) is 1.24. The van der Waals surface area contributed by atoms with Gasteiger partial charge in [-0.2, -0.15) is 0 Å². The number of ketones is 1. The van der Waals surface area contributed by atoms with Crippen LogP contribution in [0.25, 0.3) is 0 Å². The van der Waals surface area contributed by atoms with Crippen molar-refractivity contribution < 1.29 is 19.4 Å². The van der Waals surface area contributed by atoms with Crippen LogP contribution in [0.4, 0.5) is 5.69 Å². The van der Waals surface area contributed by atoms with Crippen molar-refractivity contribution in [2.24, 2.45) is 0 Å². The Morgan fingerprint density at radius 2 is 1.93 bits per heavy atom. The maximum atomic E-state index is 13.2. The van der Waals surface area contributed by atoms with Gasteiger partial charge in [-0.1, -0.05) is 54.1 Å². The zero-order chi connectivity index (χ0) is 20.5. The van der Waals surface area contributed by atoms with Crippen LogP contribution in [0.3, 0.4) is 0 Å². The number of halogens is 2. The summed E-state index contributed by atoms with van der Waals surface area (Å²) in [7, 11) is 0. The van der Waals surface area contributed by atoms with Crippen molar-refractivity contribution >= 4 is 40.6 Å². The van der Waals surface area contributed by atoms with Gasteiger partial charge in [-0.25, -0.2) is 0 Å². The average Bonchev–Trinajstić information content (AvgIpc) is 2.86. The third kappa shape index (κ3) is 3.53. The molecule has 1 aliphatic heterocycles. The third-order valence-electron chi connectivity index (χ3n) is 4.52. The molecular weight excluding hydrogens is 401 g/mol. The summed E-state index contributed by atoms with van der Waals surface area (Å²) in [6, 6.07) is 10.3. The maximum Gasteiger partial charge on any atom is 0.264 e. The lowest BCUT2D eigenvalue weighted by molar-refractivity contribution is -0.141. The number of fused-ring (bicyclic) bond motifs is 1. The number of nitrogens with zero attached hydrogens (tertiary/aromatic N) is 1. The molecule has 0 aromatic heterocycles. The Hall–Kier alpha value is -2.34. The number of hydrogen-bond acceptors (Lipinski definition) is 4. The number of ether oxygens (including phenoxy) is 1. The highest BCUT2D eigenvalue weighted by Crippen LogP contribution is 2.50. The Morgan fingerprint density at radius 3 is 2.61 bits per heavy atom. The van der Waals surface area contributed by atoms with Gasteiger partial charge in [0.05, 0.1) is 17.3 Å². The number of para-hydroxylation sites is 1. The van der Waals surface area contributed by atoms with Crippen molar-refractivity contribution in [3.8, 4) is 5.75 Å². The van der Waals surface area contributed by atoms with Gasteiger partial charge in [0, 0.05) is 22.6 Å². The Morgan fingerprint density at radius 1 is 1.25 bits per heavy atom. The molecule has 2 aromatic rings. The predicted molar refractivity (Wildman–Crippen MR) is 109 cm³/mol. The van der Waals surface area contributed by atoms with Gasteiger partial charge in [-0.3, -0.25) is 9.59 Å². The molecule has 7 heteroatoms. The van der Waals surface area contributed by atoms with Crippen molar-refractivity contribution in [3.05, 3.63) is 70.2 Å². The summed E-state index contributed by atoms with van der Waals surface area (Å²) in [5.41, 5.74) is -0.875.